The quantitative estimate of drug-likeness (QED) is 0.344. The van der Waals surface area contributed by atoms with Gasteiger partial charge in [0.05, 0.1) is 5.69 Å². The van der Waals surface area contributed by atoms with Gasteiger partial charge in [-0.2, -0.15) is 0 Å². The smallest absolute Gasteiger partial charge is 0.191 e. The monoisotopic (exact) mass is 545 g/mol. The molecule has 1 saturated heterocycles. The summed E-state index contributed by atoms with van der Waals surface area (Å²) in [6.07, 6.45) is 6.27. The van der Waals surface area contributed by atoms with Gasteiger partial charge in [0.25, 0.3) is 0 Å². The Hall–Kier alpha value is -1.98. The fraction of sp³-hybridized carbons (Fsp3) is 0.571. The highest BCUT2D eigenvalue weighted by molar-refractivity contribution is 14.0. The molecule has 10 heteroatoms. The maximum atomic E-state index is 14.1. The average molecular weight is 545 g/mol. The number of fused-ring (bicyclic) bond motifs is 1. The van der Waals surface area contributed by atoms with Gasteiger partial charge in [0, 0.05) is 58.2 Å². The number of halogens is 3. The summed E-state index contributed by atoms with van der Waals surface area (Å²) in [5.74, 6) is 1.76. The molecule has 3 heterocycles. The van der Waals surface area contributed by atoms with E-state index < -0.39 is 11.6 Å². The second-order valence-electron chi connectivity index (χ2n) is 7.92. The van der Waals surface area contributed by atoms with Crippen LogP contribution in [0.5, 0.6) is 0 Å². The molecular weight excluding hydrogens is 515 g/mol. The molecule has 0 spiro atoms. The molecule has 2 aromatic rings. The lowest BCUT2D eigenvalue weighted by Crippen LogP contribution is -2.45. The summed E-state index contributed by atoms with van der Waals surface area (Å²) in [6, 6.07) is 3.87. The number of hydrogen-bond acceptors (Lipinski definition) is 4. The van der Waals surface area contributed by atoms with E-state index in [0.717, 1.165) is 49.5 Å². The van der Waals surface area contributed by atoms with Crippen molar-refractivity contribution in [2.24, 2.45) is 4.99 Å². The van der Waals surface area contributed by atoms with Gasteiger partial charge in [-0.05, 0) is 31.4 Å². The molecule has 1 aromatic heterocycles. The minimum absolute atomic E-state index is 0. The van der Waals surface area contributed by atoms with Crippen LogP contribution in [0.4, 0.5) is 14.5 Å². The van der Waals surface area contributed by atoms with Crippen LogP contribution in [0.1, 0.15) is 37.3 Å². The Morgan fingerprint density at radius 1 is 1.19 bits per heavy atom. The van der Waals surface area contributed by atoms with E-state index in [-0.39, 0.29) is 30.0 Å². The second kappa shape index (κ2) is 11.1. The number of rotatable bonds is 5. The van der Waals surface area contributed by atoms with Crippen molar-refractivity contribution in [2.45, 2.75) is 51.1 Å². The molecule has 4 rings (SSSR count). The Bertz CT molecular complexity index is 902. The van der Waals surface area contributed by atoms with E-state index in [1.54, 1.807) is 7.05 Å². The molecule has 2 aliphatic heterocycles. The lowest BCUT2D eigenvalue weighted by molar-refractivity contribution is 0.580. The molecule has 1 aromatic carbocycles. The van der Waals surface area contributed by atoms with Crippen molar-refractivity contribution in [1.29, 1.82) is 0 Å². The third-order valence-electron chi connectivity index (χ3n) is 5.83. The number of anilines is 1. The van der Waals surface area contributed by atoms with Crippen LogP contribution in [0.15, 0.2) is 23.2 Å². The molecule has 0 amide bonds. The third-order valence-corrected chi connectivity index (χ3v) is 5.83. The molecule has 2 N–H and O–H groups in total. The first kappa shape index (κ1) is 23.7. The minimum Gasteiger partial charge on any atom is -0.367 e. The number of aromatic nitrogens is 3. The normalized spacial score (nSPS) is 18.9. The van der Waals surface area contributed by atoms with E-state index in [1.807, 2.05) is 4.90 Å². The standard InChI is InChI=1S/C21H29F2N7.HI/c1-24-21(25-10-8-20-28-27-19-5-3-2-4-11-30(19)20)26-16-9-12-29(14-16)18-7-6-15(22)13-17(18)23;/h6-7,13,16H,2-5,8-12,14H2,1H3,(H2,24,25,26);1H. The number of guanidine groups is 1. The van der Waals surface area contributed by atoms with Crippen LogP contribution in [-0.4, -0.2) is 53.4 Å². The topological polar surface area (TPSA) is 70.4 Å². The summed E-state index contributed by atoms with van der Waals surface area (Å²) in [5.41, 5.74) is 0.441. The van der Waals surface area contributed by atoms with Gasteiger partial charge in [-0.1, -0.05) is 6.42 Å². The van der Waals surface area contributed by atoms with Crippen LogP contribution in [0, 0.1) is 11.6 Å². The van der Waals surface area contributed by atoms with Gasteiger partial charge in [0.2, 0.25) is 0 Å². The zero-order valence-corrected chi connectivity index (χ0v) is 20.1. The lowest BCUT2D eigenvalue weighted by atomic mass is 10.2. The van der Waals surface area contributed by atoms with Crippen LogP contribution < -0.4 is 15.5 Å². The molecule has 0 saturated carbocycles. The Morgan fingerprint density at radius 3 is 2.87 bits per heavy atom. The number of aryl methyl sites for hydroxylation is 1. The van der Waals surface area contributed by atoms with Gasteiger partial charge < -0.3 is 20.1 Å². The molecule has 0 bridgehead atoms. The number of nitrogens with one attached hydrogen (secondary N) is 2. The Balaban J connectivity index is 0.00000272. The van der Waals surface area contributed by atoms with Gasteiger partial charge in [-0.15, -0.1) is 34.2 Å². The summed E-state index contributed by atoms with van der Waals surface area (Å²) < 4.78 is 29.5. The number of aliphatic imine (C=N–C) groups is 1. The SMILES string of the molecule is CN=C(NCCc1nnc2n1CCCCC2)NC1CCN(c2ccc(F)cc2F)C1.I. The lowest BCUT2D eigenvalue weighted by Gasteiger charge is -2.21. The summed E-state index contributed by atoms with van der Waals surface area (Å²) in [6.45, 7) is 3.06. The van der Waals surface area contributed by atoms with Crippen molar-refractivity contribution in [3.05, 3.63) is 41.5 Å². The predicted octanol–water partition coefficient (Wildman–Crippen LogP) is 2.89. The molecule has 7 nitrogen and oxygen atoms in total. The highest BCUT2D eigenvalue weighted by Gasteiger charge is 2.25. The van der Waals surface area contributed by atoms with E-state index in [0.29, 0.717) is 25.3 Å². The molecule has 0 aliphatic carbocycles. The first-order chi connectivity index (χ1) is 14.6. The largest absolute Gasteiger partial charge is 0.367 e. The Morgan fingerprint density at radius 2 is 2.06 bits per heavy atom. The summed E-state index contributed by atoms with van der Waals surface area (Å²) in [4.78, 5) is 6.24. The fourth-order valence-electron chi connectivity index (χ4n) is 4.25. The molecule has 0 radical (unpaired) electrons. The first-order valence-corrected chi connectivity index (χ1v) is 10.7. The summed E-state index contributed by atoms with van der Waals surface area (Å²) in [5, 5.41) is 15.5. The molecule has 31 heavy (non-hydrogen) atoms. The number of hydrogen-bond donors (Lipinski definition) is 2. The fourth-order valence-corrected chi connectivity index (χ4v) is 4.25. The zero-order chi connectivity index (χ0) is 20.9. The second-order valence-corrected chi connectivity index (χ2v) is 7.92. The van der Waals surface area contributed by atoms with Crippen LogP contribution in [0.3, 0.4) is 0 Å². The van der Waals surface area contributed by atoms with E-state index in [1.165, 1.54) is 31.4 Å². The Kier molecular flexibility index (Phi) is 8.44. The van der Waals surface area contributed by atoms with Gasteiger partial charge in [-0.3, -0.25) is 4.99 Å². The maximum Gasteiger partial charge on any atom is 0.191 e. The van der Waals surface area contributed by atoms with Gasteiger partial charge in [0.15, 0.2) is 5.96 Å². The van der Waals surface area contributed by atoms with Crippen molar-refractivity contribution in [2.75, 3.05) is 31.6 Å². The summed E-state index contributed by atoms with van der Waals surface area (Å²) >= 11 is 0. The third kappa shape index (κ3) is 5.83. The highest BCUT2D eigenvalue weighted by Crippen LogP contribution is 2.24. The van der Waals surface area contributed by atoms with Crippen LogP contribution in [0.25, 0.3) is 0 Å². The van der Waals surface area contributed by atoms with E-state index in [2.05, 4.69) is 30.4 Å². The van der Waals surface area contributed by atoms with Gasteiger partial charge in [0.1, 0.15) is 23.3 Å². The van der Waals surface area contributed by atoms with Crippen molar-refractivity contribution < 1.29 is 8.78 Å². The van der Waals surface area contributed by atoms with E-state index in [4.69, 9.17) is 0 Å². The molecule has 2 aliphatic rings. The number of nitrogens with zero attached hydrogens (tertiary/aromatic N) is 5. The van der Waals surface area contributed by atoms with Crippen LogP contribution >= 0.6 is 24.0 Å². The summed E-state index contributed by atoms with van der Waals surface area (Å²) in [7, 11) is 1.74. The van der Waals surface area contributed by atoms with Gasteiger partial charge in [-0.25, -0.2) is 8.78 Å². The van der Waals surface area contributed by atoms with Crippen molar-refractivity contribution in [3.63, 3.8) is 0 Å². The average Bonchev–Trinajstić information content (AvgIpc) is 3.27. The van der Waals surface area contributed by atoms with Gasteiger partial charge >= 0.3 is 0 Å². The first-order valence-electron chi connectivity index (χ1n) is 10.7. The Labute approximate surface area is 198 Å². The van der Waals surface area contributed by atoms with Crippen LogP contribution in [-0.2, 0) is 19.4 Å². The highest BCUT2D eigenvalue weighted by atomic mass is 127. The molecular formula is C21H30F2IN7. The maximum absolute atomic E-state index is 14.1. The molecule has 170 valence electrons. The number of benzene rings is 1. The van der Waals surface area contributed by atoms with E-state index in [9.17, 15) is 8.78 Å². The van der Waals surface area contributed by atoms with Crippen molar-refractivity contribution in [1.82, 2.24) is 25.4 Å². The van der Waals surface area contributed by atoms with Crippen LogP contribution in [0.2, 0.25) is 0 Å². The van der Waals surface area contributed by atoms with Crippen molar-refractivity contribution in [3.8, 4) is 0 Å². The molecule has 1 unspecified atom stereocenters. The zero-order valence-electron chi connectivity index (χ0n) is 17.8. The van der Waals surface area contributed by atoms with E-state index >= 15 is 0 Å². The molecule has 1 atom stereocenters. The molecule has 1 fully saturated rings. The van der Waals surface area contributed by atoms with Crippen molar-refractivity contribution >= 4 is 35.6 Å². The predicted molar refractivity (Wildman–Crippen MR) is 128 cm³/mol. The minimum atomic E-state index is -0.556.